The molecule has 0 N–H and O–H groups in total. The van der Waals surface area contributed by atoms with E-state index >= 15 is 0 Å². The van der Waals surface area contributed by atoms with Gasteiger partial charge in [-0.15, -0.1) is 11.3 Å². The number of rotatable bonds is 2. The smallest absolute Gasteiger partial charge is 0.0541 e. The first-order chi connectivity index (χ1) is 17.8. The van der Waals surface area contributed by atoms with Gasteiger partial charge < -0.3 is 4.57 Å². The summed E-state index contributed by atoms with van der Waals surface area (Å²) in [5.41, 5.74) is 6.21. The summed E-state index contributed by atoms with van der Waals surface area (Å²) in [6.45, 7) is 0. The molecule has 0 aliphatic carbocycles. The first-order valence-corrected chi connectivity index (χ1v) is 13.1. The van der Waals surface area contributed by atoms with Crippen molar-refractivity contribution in [3.8, 4) is 16.8 Å². The van der Waals surface area contributed by atoms with Crippen LogP contribution in [0.15, 0.2) is 127 Å². The Morgan fingerprint density at radius 3 is 2.11 bits per heavy atom. The van der Waals surface area contributed by atoms with Gasteiger partial charge in [0.05, 0.1) is 11.0 Å². The maximum atomic E-state index is 2.42. The van der Waals surface area contributed by atoms with Crippen LogP contribution < -0.4 is 0 Å². The summed E-state index contributed by atoms with van der Waals surface area (Å²) in [6.07, 6.45) is 0. The molecule has 168 valence electrons. The highest BCUT2D eigenvalue weighted by Crippen LogP contribution is 2.39. The van der Waals surface area contributed by atoms with Crippen molar-refractivity contribution in [3.05, 3.63) is 127 Å². The summed E-state index contributed by atoms with van der Waals surface area (Å²) in [5.74, 6) is 0. The van der Waals surface area contributed by atoms with E-state index in [1.165, 1.54) is 69.6 Å². The van der Waals surface area contributed by atoms with Gasteiger partial charge in [-0.25, -0.2) is 0 Å². The number of aromatic nitrogens is 1. The Kier molecular flexibility index (Phi) is 4.16. The highest BCUT2D eigenvalue weighted by Gasteiger charge is 2.15. The number of thiophene rings is 1. The van der Waals surface area contributed by atoms with Gasteiger partial charge in [0, 0.05) is 36.6 Å². The van der Waals surface area contributed by atoms with Crippen molar-refractivity contribution < 1.29 is 0 Å². The molecule has 0 atom stereocenters. The summed E-state index contributed by atoms with van der Waals surface area (Å²) >= 11 is 1.87. The molecular formula is C34H21NS. The maximum Gasteiger partial charge on any atom is 0.0541 e. The molecule has 0 aliphatic heterocycles. The molecule has 36 heavy (non-hydrogen) atoms. The van der Waals surface area contributed by atoms with Crippen LogP contribution in [-0.4, -0.2) is 4.57 Å². The molecule has 0 aliphatic rings. The lowest BCUT2D eigenvalue weighted by molar-refractivity contribution is 1.19. The van der Waals surface area contributed by atoms with Crippen LogP contribution >= 0.6 is 11.3 Å². The largest absolute Gasteiger partial charge is 0.309 e. The van der Waals surface area contributed by atoms with Gasteiger partial charge in [-0.1, -0.05) is 91.0 Å². The molecule has 0 unspecified atom stereocenters. The van der Waals surface area contributed by atoms with Crippen molar-refractivity contribution >= 4 is 64.1 Å². The fourth-order valence-corrected chi connectivity index (χ4v) is 6.89. The second-order valence-corrected chi connectivity index (χ2v) is 10.5. The Morgan fingerprint density at radius 1 is 0.444 bits per heavy atom. The van der Waals surface area contributed by atoms with E-state index in [0.29, 0.717) is 0 Å². The molecule has 8 rings (SSSR count). The second kappa shape index (κ2) is 7.55. The van der Waals surface area contributed by atoms with E-state index in [-0.39, 0.29) is 0 Å². The summed E-state index contributed by atoms with van der Waals surface area (Å²) in [5, 5.41) is 7.80. The molecule has 0 radical (unpaired) electrons. The molecule has 0 amide bonds. The summed E-state index contributed by atoms with van der Waals surface area (Å²) in [6, 6.07) is 46.5. The number of fused-ring (bicyclic) bond motifs is 7. The fraction of sp³-hybridized carbons (Fsp3) is 0. The SMILES string of the molecule is c1ccc2c(-c3ccc4c(c3)c3ccccc3n4-c3ccc4c(c3)sc3ccccc34)cccc2c1. The van der Waals surface area contributed by atoms with E-state index < -0.39 is 0 Å². The Labute approximate surface area is 212 Å². The van der Waals surface area contributed by atoms with Crippen molar-refractivity contribution in [3.63, 3.8) is 0 Å². The molecule has 0 saturated heterocycles. The zero-order chi connectivity index (χ0) is 23.6. The van der Waals surface area contributed by atoms with Crippen LogP contribution in [-0.2, 0) is 0 Å². The van der Waals surface area contributed by atoms with Crippen molar-refractivity contribution in [1.29, 1.82) is 0 Å². The Balaban J connectivity index is 1.40. The lowest BCUT2D eigenvalue weighted by Crippen LogP contribution is -1.93. The van der Waals surface area contributed by atoms with Gasteiger partial charge in [0.1, 0.15) is 0 Å². The molecule has 2 heteroatoms. The lowest BCUT2D eigenvalue weighted by Gasteiger charge is -2.10. The quantitative estimate of drug-likeness (QED) is 0.234. The fourth-order valence-electron chi connectivity index (χ4n) is 5.75. The van der Waals surface area contributed by atoms with E-state index in [0.717, 1.165) is 0 Å². The zero-order valence-electron chi connectivity index (χ0n) is 19.5. The van der Waals surface area contributed by atoms with E-state index in [9.17, 15) is 0 Å². The molecule has 6 aromatic carbocycles. The normalized spacial score (nSPS) is 11.9. The minimum absolute atomic E-state index is 1.21. The lowest BCUT2D eigenvalue weighted by atomic mass is 9.97. The minimum atomic E-state index is 1.21. The van der Waals surface area contributed by atoms with Crippen LogP contribution in [0.2, 0.25) is 0 Å². The van der Waals surface area contributed by atoms with Crippen molar-refractivity contribution in [2.24, 2.45) is 0 Å². The second-order valence-electron chi connectivity index (χ2n) is 9.39. The monoisotopic (exact) mass is 475 g/mol. The molecule has 0 saturated carbocycles. The standard InChI is InChI=1S/C34H21NS/c1-2-10-25-22(8-1)9-7-13-26(25)23-16-19-32-30(20-23)27-11-3-5-14-31(27)35(32)24-17-18-29-28-12-4-6-15-33(28)36-34(29)21-24/h1-21H. The Hall–Kier alpha value is -4.40. The van der Waals surface area contributed by atoms with Crippen LogP contribution in [0.5, 0.6) is 0 Å². The molecule has 0 spiro atoms. The van der Waals surface area contributed by atoms with Crippen molar-refractivity contribution in [1.82, 2.24) is 4.57 Å². The third-order valence-corrected chi connectivity index (χ3v) is 8.53. The van der Waals surface area contributed by atoms with E-state index in [1.807, 2.05) is 11.3 Å². The highest BCUT2D eigenvalue weighted by molar-refractivity contribution is 7.25. The molecule has 2 aromatic heterocycles. The van der Waals surface area contributed by atoms with E-state index in [4.69, 9.17) is 0 Å². The van der Waals surface area contributed by atoms with Gasteiger partial charge in [-0.3, -0.25) is 0 Å². The minimum Gasteiger partial charge on any atom is -0.309 e. The molecule has 0 bridgehead atoms. The number of hydrogen-bond acceptors (Lipinski definition) is 1. The van der Waals surface area contributed by atoms with Gasteiger partial charge >= 0.3 is 0 Å². The Bertz CT molecular complexity index is 2100. The van der Waals surface area contributed by atoms with Gasteiger partial charge in [-0.05, 0) is 58.3 Å². The molecule has 2 heterocycles. The Morgan fingerprint density at radius 2 is 1.17 bits per heavy atom. The third-order valence-electron chi connectivity index (χ3n) is 7.39. The number of hydrogen-bond donors (Lipinski definition) is 0. The molecule has 0 fully saturated rings. The number of benzene rings is 6. The van der Waals surface area contributed by atoms with Crippen LogP contribution in [0, 0.1) is 0 Å². The van der Waals surface area contributed by atoms with Crippen LogP contribution in [0.25, 0.3) is 69.6 Å². The number of nitrogens with zero attached hydrogens (tertiary/aromatic N) is 1. The summed E-state index contributed by atoms with van der Waals surface area (Å²) in [4.78, 5) is 0. The number of para-hydroxylation sites is 1. The van der Waals surface area contributed by atoms with Crippen LogP contribution in [0.1, 0.15) is 0 Å². The summed E-state index contributed by atoms with van der Waals surface area (Å²) in [7, 11) is 0. The molecule has 1 nitrogen and oxygen atoms in total. The van der Waals surface area contributed by atoms with E-state index in [2.05, 4.69) is 132 Å². The van der Waals surface area contributed by atoms with Crippen molar-refractivity contribution in [2.45, 2.75) is 0 Å². The van der Waals surface area contributed by atoms with Gasteiger partial charge in [-0.2, -0.15) is 0 Å². The topological polar surface area (TPSA) is 4.93 Å². The first-order valence-electron chi connectivity index (χ1n) is 12.3. The summed E-state index contributed by atoms with van der Waals surface area (Å²) < 4.78 is 5.08. The third kappa shape index (κ3) is 2.82. The van der Waals surface area contributed by atoms with Gasteiger partial charge in [0.2, 0.25) is 0 Å². The van der Waals surface area contributed by atoms with E-state index in [1.54, 1.807) is 0 Å². The zero-order valence-corrected chi connectivity index (χ0v) is 20.3. The maximum absolute atomic E-state index is 2.42. The first kappa shape index (κ1) is 19.9. The van der Waals surface area contributed by atoms with Gasteiger partial charge in [0.15, 0.2) is 0 Å². The van der Waals surface area contributed by atoms with Crippen LogP contribution in [0.3, 0.4) is 0 Å². The average molecular weight is 476 g/mol. The predicted molar refractivity (Wildman–Crippen MR) is 157 cm³/mol. The predicted octanol–water partition coefficient (Wildman–Crippen LogP) is 9.97. The molecule has 8 aromatic rings. The highest BCUT2D eigenvalue weighted by atomic mass is 32.1. The van der Waals surface area contributed by atoms with Crippen LogP contribution in [0.4, 0.5) is 0 Å². The molecular weight excluding hydrogens is 454 g/mol. The average Bonchev–Trinajstić information content (AvgIpc) is 3.47. The van der Waals surface area contributed by atoms with Crippen molar-refractivity contribution in [2.75, 3.05) is 0 Å². The van der Waals surface area contributed by atoms with Gasteiger partial charge in [0.25, 0.3) is 0 Å².